The molecule has 0 bridgehead atoms. The number of hydrogen-bond donors (Lipinski definition) is 1. The number of aromatic amines is 1. The van der Waals surface area contributed by atoms with E-state index in [1.807, 2.05) is 0 Å². The highest BCUT2D eigenvalue weighted by molar-refractivity contribution is 6.76. The fourth-order valence-electron chi connectivity index (χ4n) is 4.76. The third-order valence-corrected chi connectivity index (χ3v) is 8.79. The molecule has 2 aromatic carbocycles. The van der Waals surface area contributed by atoms with Gasteiger partial charge in [-0.2, -0.15) is 10.2 Å². The van der Waals surface area contributed by atoms with Gasteiger partial charge in [0.1, 0.15) is 42.5 Å². The molecule has 0 radical (unpaired) electrons. The van der Waals surface area contributed by atoms with E-state index in [0.29, 0.717) is 29.2 Å². The molecule has 1 fully saturated rings. The van der Waals surface area contributed by atoms with Crippen molar-refractivity contribution in [2.24, 2.45) is 0 Å². The van der Waals surface area contributed by atoms with Gasteiger partial charge in [-0.3, -0.25) is 10.00 Å². The molecule has 5 aromatic rings. The minimum absolute atomic E-state index is 0.0913. The summed E-state index contributed by atoms with van der Waals surface area (Å²) in [5, 5.41) is 11.3. The molecule has 43 heavy (non-hydrogen) atoms. The fraction of sp³-hybridized carbons (Fsp3) is 0.276. The van der Waals surface area contributed by atoms with E-state index in [1.165, 1.54) is 33.8 Å². The van der Waals surface area contributed by atoms with E-state index in [4.69, 9.17) is 9.47 Å². The van der Waals surface area contributed by atoms with Crippen LogP contribution in [0.2, 0.25) is 25.7 Å². The molecular weight excluding hydrogens is 579 g/mol. The third kappa shape index (κ3) is 5.88. The van der Waals surface area contributed by atoms with Crippen molar-refractivity contribution in [3.8, 4) is 22.5 Å². The summed E-state index contributed by atoms with van der Waals surface area (Å²) in [5.74, 6) is -1.20. The van der Waals surface area contributed by atoms with Crippen LogP contribution in [0.15, 0.2) is 54.9 Å². The van der Waals surface area contributed by atoms with Crippen molar-refractivity contribution in [3.05, 3.63) is 83.7 Å². The molecule has 222 valence electrons. The monoisotopic (exact) mass is 607 g/mol. The van der Waals surface area contributed by atoms with Gasteiger partial charge in [0, 0.05) is 38.1 Å². The number of cyclic esters (lactones) is 1. The van der Waals surface area contributed by atoms with Gasteiger partial charge in [-0.25, -0.2) is 32.4 Å². The van der Waals surface area contributed by atoms with E-state index in [0.717, 1.165) is 18.2 Å². The first kappa shape index (κ1) is 28.6. The Morgan fingerprint density at radius 2 is 1.88 bits per heavy atom. The van der Waals surface area contributed by atoms with E-state index in [9.17, 15) is 13.6 Å². The van der Waals surface area contributed by atoms with Crippen LogP contribution in [0.5, 0.6) is 0 Å². The summed E-state index contributed by atoms with van der Waals surface area (Å²) in [6.45, 7) is 7.57. The number of hydrogen-bond acceptors (Lipinski definition) is 7. The Bertz CT molecular complexity index is 1820. The quantitative estimate of drug-likeness (QED) is 0.158. The van der Waals surface area contributed by atoms with Gasteiger partial charge in [-0.15, -0.1) is 0 Å². The van der Waals surface area contributed by atoms with Crippen LogP contribution in [-0.2, 0) is 16.1 Å². The van der Waals surface area contributed by atoms with Crippen LogP contribution in [0, 0.1) is 17.5 Å². The van der Waals surface area contributed by atoms with Crippen LogP contribution in [0.25, 0.3) is 28.2 Å². The second-order valence-corrected chi connectivity index (χ2v) is 17.0. The Morgan fingerprint density at radius 1 is 1.05 bits per heavy atom. The maximum atomic E-state index is 15.4. The molecule has 0 saturated carbocycles. The van der Waals surface area contributed by atoms with Crippen molar-refractivity contribution >= 4 is 25.6 Å². The van der Waals surface area contributed by atoms with Gasteiger partial charge in [0.2, 0.25) is 0 Å². The number of halogens is 3. The van der Waals surface area contributed by atoms with E-state index < -0.39 is 37.7 Å². The highest BCUT2D eigenvalue weighted by atomic mass is 28.3. The van der Waals surface area contributed by atoms with Crippen molar-refractivity contribution in [2.75, 3.05) is 18.1 Å². The van der Waals surface area contributed by atoms with Crippen LogP contribution in [0.1, 0.15) is 17.4 Å². The van der Waals surface area contributed by atoms with Crippen LogP contribution in [-0.4, -0.2) is 57.2 Å². The molecule has 4 heterocycles. The van der Waals surface area contributed by atoms with Crippen LogP contribution in [0.3, 0.4) is 0 Å². The number of rotatable bonds is 9. The van der Waals surface area contributed by atoms with Gasteiger partial charge in [0.05, 0.1) is 11.8 Å². The van der Waals surface area contributed by atoms with E-state index in [2.05, 4.69) is 44.9 Å². The second kappa shape index (κ2) is 11.3. The molecule has 1 atom stereocenters. The molecule has 0 aliphatic carbocycles. The molecule has 1 aliphatic heterocycles. The first-order valence-corrected chi connectivity index (χ1v) is 17.3. The van der Waals surface area contributed by atoms with Gasteiger partial charge >= 0.3 is 6.09 Å². The third-order valence-electron chi connectivity index (χ3n) is 7.08. The number of carbonyl (C=O) groups excluding carboxylic acids is 1. The van der Waals surface area contributed by atoms with Crippen LogP contribution < -0.4 is 4.90 Å². The number of fused-ring (bicyclic) bond motifs is 1. The van der Waals surface area contributed by atoms with E-state index in [1.54, 1.807) is 18.3 Å². The number of carbonyl (C=O) groups is 1. The molecule has 0 spiro atoms. The van der Waals surface area contributed by atoms with Crippen molar-refractivity contribution < 1.29 is 27.4 Å². The Hall–Kier alpha value is -4.56. The number of H-pyrrole nitrogens is 1. The van der Waals surface area contributed by atoms with Gasteiger partial charge in [-0.05, 0) is 35.9 Å². The highest BCUT2D eigenvalue weighted by Gasteiger charge is 2.38. The smallest absolute Gasteiger partial charge is 0.416 e. The zero-order valence-electron chi connectivity index (χ0n) is 23.6. The zero-order chi connectivity index (χ0) is 30.3. The lowest BCUT2D eigenvalue weighted by atomic mass is 10.1. The molecule has 14 heteroatoms. The van der Waals surface area contributed by atoms with Gasteiger partial charge < -0.3 is 9.47 Å². The number of aromatic nitrogens is 6. The average molecular weight is 608 g/mol. The molecule has 0 unspecified atom stereocenters. The topological polar surface area (TPSA) is 111 Å². The number of nitrogens with zero attached hydrogens (tertiary/aromatic N) is 6. The summed E-state index contributed by atoms with van der Waals surface area (Å²) in [6.07, 6.45) is 2.38. The summed E-state index contributed by atoms with van der Waals surface area (Å²) in [6, 6.07) is 9.45. The second-order valence-electron chi connectivity index (χ2n) is 11.4. The molecule has 3 aromatic heterocycles. The molecule has 6 rings (SSSR count). The van der Waals surface area contributed by atoms with Gasteiger partial charge in [0.15, 0.2) is 17.3 Å². The van der Waals surface area contributed by atoms with Gasteiger partial charge in [0.25, 0.3) is 0 Å². The predicted octanol–water partition coefficient (Wildman–Crippen LogP) is 6.15. The Balaban J connectivity index is 1.25. The molecule has 1 N–H and O–H groups in total. The predicted molar refractivity (Wildman–Crippen MR) is 154 cm³/mol. The largest absolute Gasteiger partial charge is 0.447 e. The normalized spacial score (nSPS) is 15.4. The fourth-order valence-corrected chi connectivity index (χ4v) is 5.52. The number of ether oxygens (including phenoxy) is 2. The molecule has 10 nitrogen and oxygen atoms in total. The van der Waals surface area contributed by atoms with Crippen LogP contribution >= 0.6 is 0 Å². The minimum atomic E-state index is -1.21. The summed E-state index contributed by atoms with van der Waals surface area (Å²) in [5.41, 5.74) is 1.61. The number of anilines is 1. The summed E-state index contributed by atoms with van der Waals surface area (Å²) in [7, 11) is -1.21. The molecule has 1 aliphatic rings. The van der Waals surface area contributed by atoms with Crippen molar-refractivity contribution in [2.45, 2.75) is 38.3 Å². The lowest BCUT2D eigenvalue weighted by Gasteiger charge is -2.21. The minimum Gasteiger partial charge on any atom is -0.447 e. The summed E-state index contributed by atoms with van der Waals surface area (Å²) >= 11 is 0. The SMILES string of the molecule is C[Si](C)(C)CCOCc1nc(-c2ccc(-c3cnn4ccc(N5C(=O)OC[C@H]5c5ccc(F)cc5F)nc34)cc2F)n[nH]1. The lowest BCUT2D eigenvalue weighted by Crippen LogP contribution is -2.29. The van der Waals surface area contributed by atoms with Crippen LogP contribution in [0.4, 0.5) is 23.8 Å². The van der Waals surface area contributed by atoms with Gasteiger partial charge in [-0.1, -0.05) is 31.8 Å². The lowest BCUT2D eigenvalue weighted by molar-refractivity contribution is 0.127. The molecular formula is C29H28F3N7O3Si. The standard InChI is InChI=1S/C29H28F3N7O3Si/c1-43(2,3)11-10-41-16-25-34-27(37-36-25)20-6-4-17(12-22(20)31)21-14-33-38-9-8-26(35-28(21)38)39-24(15-42-29(39)40)19-7-5-18(30)13-23(19)32/h4-9,12-14,24H,10-11,15-16H2,1-3H3,(H,34,36,37)/t24-/m0/s1. The zero-order valence-corrected chi connectivity index (χ0v) is 24.6. The maximum Gasteiger partial charge on any atom is 0.416 e. The van der Waals surface area contributed by atoms with Crippen molar-refractivity contribution in [3.63, 3.8) is 0 Å². The van der Waals surface area contributed by atoms with Crippen molar-refractivity contribution in [1.29, 1.82) is 0 Å². The first-order chi connectivity index (χ1) is 20.6. The summed E-state index contributed by atoms with van der Waals surface area (Å²) in [4.78, 5) is 22.8. The number of benzene rings is 2. The summed E-state index contributed by atoms with van der Waals surface area (Å²) < 4.78 is 55.8. The Kier molecular flexibility index (Phi) is 7.48. The number of amides is 1. The maximum absolute atomic E-state index is 15.4. The Morgan fingerprint density at radius 3 is 2.65 bits per heavy atom. The number of nitrogens with one attached hydrogen (secondary N) is 1. The first-order valence-electron chi connectivity index (χ1n) is 13.6. The van der Waals surface area contributed by atoms with E-state index in [-0.39, 0.29) is 36.0 Å². The van der Waals surface area contributed by atoms with Crippen molar-refractivity contribution in [1.82, 2.24) is 29.8 Å². The molecule has 1 amide bonds. The highest BCUT2D eigenvalue weighted by Crippen LogP contribution is 2.35. The van der Waals surface area contributed by atoms with E-state index >= 15 is 4.39 Å². The molecule has 1 saturated heterocycles. The Labute approximate surface area is 245 Å². The average Bonchev–Trinajstić information content (AvgIpc) is 3.69.